The van der Waals surface area contributed by atoms with Crippen LogP contribution in [0.1, 0.15) is 59.3 Å². The van der Waals surface area contributed by atoms with Gasteiger partial charge in [0, 0.05) is 18.4 Å². The summed E-state index contributed by atoms with van der Waals surface area (Å²) < 4.78 is 17.4. The van der Waals surface area contributed by atoms with Gasteiger partial charge in [-0.05, 0) is 56.9 Å². The number of fused-ring (bicyclic) bond motifs is 3. The molecule has 0 spiro atoms. The summed E-state index contributed by atoms with van der Waals surface area (Å²) in [6.07, 6.45) is 2.27. The highest BCUT2D eigenvalue weighted by molar-refractivity contribution is 5.91. The molecular formula is C22H32O6. The van der Waals surface area contributed by atoms with E-state index in [0.29, 0.717) is 5.57 Å². The van der Waals surface area contributed by atoms with Crippen LogP contribution < -0.4 is 0 Å². The maximum atomic E-state index is 12.3. The molecule has 0 aromatic rings. The van der Waals surface area contributed by atoms with E-state index in [0.717, 1.165) is 37.7 Å². The number of carbonyl (C=O) groups is 2. The molecular weight excluding hydrogens is 360 g/mol. The van der Waals surface area contributed by atoms with Crippen molar-refractivity contribution in [1.82, 2.24) is 0 Å². The molecule has 3 heterocycles. The lowest BCUT2D eigenvalue weighted by Crippen LogP contribution is -2.45. The number of hydrogen-bond donors (Lipinski definition) is 1. The zero-order valence-electron chi connectivity index (χ0n) is 17.1. The van der Waals surface area contributed by atoms with Crippen LogP contribution in [0.2, 0.25) is 0 Å². The molecule has 28 heavy (non-hydrogen) atoms. The van der Waals surface area contributed by atoms with Gasteiger partial charge in [-0.15, -0.1) is 0 Å². The van der Waals surface area contributed by atoms with E-state index in [2.05, 4.69) is 13.2 Å². The molecule has 3 saturated heterocycles. The lowest BCUT2D eigenvalue weighted by molar-refractivity contribution is -0.166. The Kier molecular flexibility index (Phi) is 6.01. The van der Waals surface area contributed by atoms with Gasteiger partial charge in [0.25, 0.3) is 0 Å². The van der Waals surface area contributed by atoms with Crippen molar-refractivity contribution in [3.63, 3.8) is 0 Å². The van der Waals surface area contributed by atoms with E-state index in [4.69, 9.17) is 14.2 Å². The summed E-state index contributed by atoms with van der Waals surface area (Å²) in [6.45, 7) is 13.4. The van der Waals surface area contributed by atoms with E-state index in [-0.39, 0.29) is 18.4 Å². The molecule has 0 aromatic carbocycles. The number of carbonyl (C=O) groups excluding carboxylic acids is 2. The second kappa shape index (κ2) is 7.99. The molecule has 0 radical (unpaired) electrons. The second-order valence-electron chi connectivity index (χ2n) is 8.81. The minimum atomic E-state index is -0.793. The normalized spacial score (nSPS) is 42.1. The van der Waals surface area contributed by atoms with E-state index in [1.807, 2.05) is 13.8 Å². The van der Waals surface area contributed by atoms with Gasteiger partial charge in [-0.3, -0.25) is 4.79 Å². The van der Waals surface area contributed by atoms with E-state index in [1.165, 1.54) is 6.92 Å². The fraction of sp³-hybridized carbons (Fsp3) is 0.727. The fourth-order valence-electron chi connectivity index (χ4n) is 4.76. The van der Waals surface area contributed by atoms with Crippen molar-refractivity contribution < 1.29 is 28.9 Å². The first kappa shape index (κ1) is 21.1. The molecule has 156 valence electrons. The zero-order valence-corrected chi connectivity index (χ0v) is 17.1. The first-order valence-electron chi connectivity index (χ1n) is 10.2. The first-order chi connectivity index (χ1) is 13.1. The Morgan fingerprint density at radius 1 is 1.32 bits per heavy atom. The van der Waals surface area contributed by atoms with Crippen LogP contribution in [0.3, 0.4) is 0 Å². The molecule has 6 heteroatoms. The summed E-state index contributed by atoms with van der Waals surface area (Å²) >= 11 is 0. The summed E-state index contributed by atoms with van der Waals surface area (Å²) in [5.74, 6) is -1.32. The van der Waals surface area contributed by atoms with E-state index in [9.17, 15) is 14.7 Å². The minimum Gasteiger partial charge on any atom is -0.458 e. The van der Waals surface area contributed by atoms with Crippen LogP contribution in [0.4, 0.5) is 0 Å². The van der Waals surface area contributed by atoms with Crippen LogP contribution in [-0.4, -0.2) is 47.1 Å². The summed E-state index contributed by atoms with van der Waals surface area (Å²) in [7, 11) is 0. The SMILES string of the molecule is C=C1CCC[C@H](C)[C@@H](OC(C)=O)[C@@H]2OC(=O)C(=C)[C@@H]2C[C@@H](O)C2(C)CC[C@@H]1O2. The van der Waals surface area contributed by atoms with Crippen LogP contribution in [0.5, 0.6) is 0 Å². The molecule has 0 aromatic heterocycles. The van der Waals surface area contributed by atoms with Crippen molar-refractivity contribution in [2.75, 3.05) is 0 Å². The molecule has 3 fully saturated rings. The van der Waals surface area contributed by atoms with Crippen molar-refractivity contribution >= 4 is 11.9 Å². The number of rotatable bonds is 1. The maximum Gasteiger partial charge on any atom is 0.334 e. The number of aliphatic hydroxyl groups excluding tert-OH is 1. The molecule has 3 rings (SSSR count). The van der Waals surface area contributed by atoms with Crippen molar-refractivity contribution in [3.8, 4) is 0 Å². The predicted molar refractivity (Wildman–Crippen MR) is 103 cm³/mol. The molecule has 7 atom stereocenters. The molecule has 0 amide bonds. The van der Waals surface area contributed by atoms with Gasteiger partial charge in [0.2, 0.25) is 0 Å². The fourth-order valence-corrected chi connectivity index (χ4v) is 4.76. The predicted octanol–water partition coefficient (Wildman–Crippen LogP) is 3.08. The van der Waals surface area contributed by atoms with Gasteiger partial charge < -0.3 is 19.3 Å². The number of hydrogen-bond acceptors (Lipinski definition) is 6. The molecule has 3 aliphatic heterocycles. The molecule has 3 aliphatic rings. The van der Waals surface area contributed by atoms with E-state index >= 15 is 0 Å². The molecule has 0 aliphatic carbocycles. The second-order valence-corrected chi connectivity index (χ2v) is 8.81. The topological polar surface area (TPSA) is 82.1 Å². The average Bonchev–Trinajstić information content (AvgIpc) is 3.15. The zero-order chi connectivity index (χ0) is 20.6. The van der Waals surface area contributed by atoms with Crippen molar-refractivity contribution in [2.24, 2.45) is 11.8 Å². The Morgan fingerprint density at radius 2 is 2.04 bits per heavy atom. The van der Waals surface area contributed by atoms with Crippen LogP contribution >= 0.6 is 0 Å². The summed E-state index contributed by atoms with van der Waals surface area (Å²) in [5.41, 5.74) is 0.661. The van der Waals surface area contributed by atoms with Gasteiger partial charge in [0.15, 0.2) is 0 Å². The Bertz CT molecular complexity index is 670. The molecule has 2 bridgehead atoms. The number of aliphatic hydroxyl groups is 1. The standard InChI is InChI=1S/C22H32O6/c1-12-7-6-8-13(2)19(26-15(4)23)20-16(14(3)21(25)27-20)11-18(24)22(5)10-9-17(12)28-22/h13,16-20,24H,1,3,6-11H2,2,4-5H3/t13-,16-,17-,18+,19+,20+,22?/m0/s1. The first-order valence-corrected chi connectivity index (χ1v) is 10.2. The van der Waals surface area contributed by atoms with Gasteiger partial charge in [0.05, 0.1) is 17.8 Å². The van der Waals surface area contributed by atoms with Gasteiger partial charge in [-0.25, -0.2) is 4.79 Å². The van der Waals surface area contributed by atoms with Crippen LogP contribution in [0.25, 0.3) is 0 Å². The highest BCUT2D eigenvalue weighted by Crippen LogP contribution is 2.43. The Balaban J connectivity index is 1.93. The van der Waals surface area contributed by atoms with Crippen LogP contribution in [0, 0.1) is 11.8 Å². The third-order valence-corrected chi connectivity index (χ3v) is 6.65. The highest BCUT2D eigenvalue weighted by Gasteiger charge is 2.50. The Hall–Kier alpha value is -1.66. The van der Waals surface area contributed by atoms with Gasteiger partial charge in [-0.1, -0.05) is 20.1 Å². The third-order valence-electron chi connectivity index (χ3n) is 6.65. The van der Waals surface area contributed by atoms with Crippen molar-refractivity contribution in [3.05, 3.63) is 24.3 Å². The average molecular weight is 392 g/mol. The molecule has 0 saturated carbocycles. The quantitative estimate of drug-likeness (QED) is 0.420. The van der Waals surface area contributed by atoms with E-state index < -0.39 is 41.8 Å². The van der Waals surface area contributed by atoms with Gasteiger partial charge in [0.1, 0.15) is 12.2 Å². The Labute approximate surface area is 166 Å². The largest absolute Gasteiger partial charge is 0.458 e. The summed E-state index contributed by atoms with van der Waals surface area (Å²) in [5, 5.41) is 11.0. The van der Waals surface area contributed by atoms with Gasteiger partial charge >= 0.3 is 11.9 Å². The van der Waals surface area contributed by atoms with E-state index in [1.54, 1.807) is 0 Å². The monoisotopic (exact) mass is 392 g/mol. The lowest BCUT2D eigenvalue weighted by atomic mass is 9.79. The number of ether oxygens (including phenoxy) is 3. The maximum absolute atomic E-state index is 12.3. The van der Waals surface area contributed by atoms with Crippen LogP contribution in [-0.2, 0) is 23.8 Å². The Morgan fingerprint density at radius 3 is 2.71 bits per heavy atom. The molecule has 1 N–H and O–H groups in total. The van der Waals surface area contributed by atoms with Gasteiger partial charge in [-0.2, -0.15) is 0 Å². The minimum absolute atomic E-state index is 0.00510. The lowest BCUT2D eigenvalue weighted by Gasteiger charge is -2.35. The van der Waals surface area contributed by atoms with Crippen molar-refractivity contribution in [1.29, 1.82) is 0 Å². The van der Waals surface area contributed by atoms with Crippen molar-refractivity contribution in [2.45, 2.75) is 89.3 Å². The summed E-state index contributed by atoms with van der Waals surface area (Å²) in [6, 6.07) is 0. The highest BCUT2D eigenvalue weighted by atomic mass is 16.6. The molecule has 1 unspecified atom stereocenters. The smallest absolute Gasteiger partial charge is 0.334 e. The third kappa shape index (κ3) is 4.03. The van der Waals surface area contributed by atoms with Crippen LogP contribution in [0.15, 0.2) is 24.3 Å². The molecule has 6 nitrogen and oxygen atoms in total. The summed E-state index contributed by atoms with van der Waals surface area (Å²) in [4.78, 5) is 24.0. The number of esters is 2.